The van der Waals surface area contributed by atoms with Gasteiger partial charge in [-0.2, -0.15) is 0 Å². The molecule has 8 nitrogen and oxygen atoms in total. The lowest BCUT2D eigenvalue weighted by Crippen LogP contribution is -2.32. The van der Waals surface area contributed by atoms with E-state index in [2.05, 4.69) is 23.5 Å². The van der Waals surface area contributed by atoms with Crippen molar-refractivity contribution >= 4 is 18.0 Å². The highest BCUT2D eigenvalue weighted by molar-refractivity contribution is 5.78. The highest BCUT2D eigenvalue weighted by Gasteiger charge is 2.20. The first-order chi connectivity index (χ1) is 16.8. The molecule has 1 atom stereocenters. The minimum Gasteiger partial charge on any atom is -0.481 e. The van der Waals surface area contributed by atoms with Crippen LogP contribution in [0.15, 0.2) is 72.8 Å². The number of rotatable bonds is 8. The van der Waals surface area contributed by atoms with Gasteiger partial charge < -0.3 is 26.0 Å². The molecule has 0 bridgehead atoms. The second-order valence-electron chi connectivity index (χ2n) is 8.06. The smallest absolute Gasteiger partial charge is 0.407 e. The standard InChI is InChI=1S/C18H17NO4.C9H11NO2/c20-17(21)8-9-19-18(22)23-11-13-5-3-7-15-14-6-2-1-4-12(14)10-16(13)15;10-8(9(11)12)6-7-4-2-1-3-5-7/h1-7H,8-11H2,(H,19,22)(H,20,21);1-5,8H,6,10H2,(H,11,12). The van der Waals surface area contributed by atoms with Crippen LogP contribution in [-0.2, 0) is 33.8 Å². The van der Waals surface area contributed by atoms with Crippen LogP contribution in [0.1, 0.15) is 28.7 Å². The third-order valence-corrected chi connectivity index (χ3v) is 5.53. The summed E-state index contributed by atoms with van der Waals surface area (Å²) in [5.74, 6) is -1.91. The molecule has 1 aliphatic rings. The molecule has 35 heavy (non-hydrogen) atoms. The zero-order valence-electron chi connectivity index (χ0n) is 19.1. The van der Waals surface area contributed by atoms with Crippen molar-refractivity contribution < 1.29 is 29.3 Å². The Morgan fingerprint density at radius 2 is 1.60 bits per heavy atom. The van der Waals surface area contributed by atoms with Gasteiger partial charge in [0.2, 0.25) is 0 Å². The number of nitrogens with one attached hydrogen (secondary N) is 1. The van der Waals surface area contributed by atoms with E-state index in [4.69, 9.17) is 20.7 Å². The van der Waals surface area contributed by atoms with Crippen molar-refractivity contribution in [2.75, 3.05) is 6.54 Å². The second-order valence-corrected chi connectivity index (χ2v) is 8.06. The maximum atomic E-state index is 11.6. The van der Waals surface area contributed by atoms with Gasteiger partial charge in [0.25, 0.3) is 0 Å². The molecule has 1 amide bonds. The Morgan fingerprint density at radius 3 is 2.31 bits per heavy atom. The van der Waals surface area contributed by atoms with Crippen molar-refractivity contribution in [2.45, 2.75) is 31.9 Å². The van der Waals surface area contributed by atoms with E-state index in [1.165, 1.54) is 22.3 Å². The lowest BCUT2D eigenvalue weighted by Gasteiger charge is -2.10. The van der Waals surface area contributed by atoms with Crippen molar-refractivity contribution in [1.29, 1.82) is 0 Å². The van der Waals surface area contributed by atoms with Crippen molar-refractivity contribution in [3.05, 3.63) is 95.1 Å². The van der Waals surface area contributed by atoms with Crippen molar-refractivity contribution in [3.63, 3.8) is 0 Å². The largest absolute Gasteiger partial charge is 0.481 e. The number of carboxylic acid groups (broad SMARTS) is 2. The Morgan fingerprint density at radius 1 is 0.914 bits per heavy atom. The van der Waals surface area contributed by atoms with Gasteiger partial charge in [-0.25, -0.2) is 4.79 Å². The molecule has 0 saturated heterocycles. The first kappa shape index (κ1) is 25.5. The summed E-state index contributed by atoms with van der Waals surface area (Å²) >= 11 is 0. The van der Waals surface area contributed by atoms with Crippen LogP contribution in [0.2, 0.25) is 0 Å². The molecule has 0 aromatic heterocycles. The molecule has 8 heteroatoms. The molecule has 1 aliphatic carbocycles. The number of amides is 1. The number of alkyl carbamates (subject to hydrolysis) is 1. The summed E-state index contributed by atoms with van der Waals surface area (Å²) in [6.45, 7) is 0.239. The first-order valence-corrected chi connectivity index (χ1v) is 11.2. The number of carboxylic acids is 2. The number of hydrogen-bond donors (Lipinski definition) is 4. The summed E-state index contributed by atoms with van der Waals surface area (Å²) in [5.41, 5.74) is 12.2. The molecular formula is C27H28N2O6. The van der Waals surface area contributed by atoms with Crippen LogP contribution in [0.3, 0.4) is 0 Å². The number of hydrogen-bond acceptors (Lipinski definition) is 5. The van der Waals surface area contributed by atoms with Gasteiger partial charge in [-0.1, -0.05) is 72.8 Å². The zero-order chi connectivity index (χ0) is 25.2. The number of nitrogens with two attached hydrogens (primary N) is 1. The predicted octanol–water partition coefficient (Wildman–Crippen LogP) is 3.60. The van der Waals surface area contributed by atoms with Crippen LogP contribution in [0.25, 0.3) is 11.1 Å². The number of ether oxygens (including phenoxy) is 1. The van der Waals surface area contributed by atoms with Crippen LogP contribution in [-0.4, -0.2) is 40.8 Å². The molecule has 3 aromatic carbocycles. The number of benzene rings is 3. The zero-order valence-corrected chi connectivity index (χ0v) is 19.1. The van der Waals surface area contributed by atoms with E-state index < -0.39 is 24.1 Å². The van der Waals surface area contributed by atoms with E-state index in [0.717, 1.165) is 17.5 Å². The minimum atomic E-state index is -0.959. The molecule has 5 N–H and O–H groups in total. The summed E-state index contributed by atoms with van der Waals surface area (Å²) in [6, 6.07) is 22.8. The Kier molecular flexibility index (Phi) is 8.97. The van der Waals surface area contributed by atoms with Gasteiger partial charge in [0.1, 0.15) is 12.6 Å². The molecule has 1 unspecified atom stereocenters. The third kappa shape index (κ3) is 7.41. The van der Waals surface area contributed by atoms with Crippen molar-refractivity contribution in [3.8, 4) is 11.1 Å². The Balaban J connectivity index is 0.000000241. The molecule has 0 heterocycles. The first-order valence-electron chi connectivity index (χ1n) is 11.2. The fraction of sp³-hybridized carbons (Fsp3) is 0.222. The topological polar surface area (TPSA) is 139 Å². The normalized spacial score (nSPS) is 11.8. The maximum absolute atomic E-state index is 11.6. The van der Waals surface area contributed by atoms with Gasteiger partial charge in [0.05, 0.1) is 6.42 Å². The monoisotopic (exact) mass is 476 g/mol. The summed E-state index contributed by atoms with van der Waals surface area (Å²) in [6.07, 6.45) is 0.506. The fourth-order valence-electron chi connectivity index (χ4n) is 3.78. The summed E-state index contributed by atoms with van der Waals surface area (Å²) in [4.78, 5) is 32.4. The van der Waals surface area contributed by atoms with E-state index in [9.17, 15) is 14.4 Å². The number of fused-ring (bicyclic) bond motifs is 3. The fourth-order valence-corrected chi connectivity index (χ4v) is 3.78. The van der Waals surface area contributed by atoms with E-state index in [1.54, 1.807) is 0 Å². The van der Waals surface area contributed by atoms with Crippen LogP contribution in [0.5, 0.6) is 0 Å². The van der Waals surface area contributed by atoms with E-state index in [-0.39, 0.29) is 19.6 Å². The van der Waals surface area contributed by atoms with E-state index in [1.807, 2.05) is 54.6 Å². The second kappa shape index (κ2) is 12.3. The van der Waals surface area contributed by atoms with Gasteiger partial charge in [-0.3, -0.25) is 9.59 Å². The molecule has 3 aromatic rings. The van der Waals surface area contributed by atoms with E-state index >= 15 is 0 Å². The summed E-state index contributed by atoms with van der Waals surface area (Å²) < 4.78 is 5.19. The van der Waals surface area contributed by atoms with Crippen LogP contribution < -0.4 is 11.1 Å². The Labute approximate surface area is 203 Å². The highest BCUT2D eigenvalue weighted by Crippen LogP contribution is 2.38. The van der Waals surface area contributed by atoms with Gasteiger partial charge in [0, 0.05) is 6.54 Å². The molecule has 0 fully saturated rings. The van der Waals surface area contributed by atoms with Gasteiger partial charge >= 0.3 is 18.0 Å². The maximum Gasteiger partial charge on any atom is 0.407 e. The lowest BCUT2D eigenvalue weighted by molar-refractivity contribution is -0.138. The predicted molar refractivity (Wildman–Crippen MR) is 131 cm³/mol. The molecule has 0 saturated carbocycles. The Bertz CT molecular complexity index is 1180. The SMILES string of the molecule is NC(Cc1ccccc1)C(=O)O.O=C(O)CCNC(=O)OCc1cccc2c1Cc1ccccc1-2. The van der Waals surface area contributed by atoms with Crippen LogP contribution >= 0.6 is 0 Å². The minimum absolute atomic E-state index is 0.0620. The molecular weight excluding hydrogens is 448 g/mol. The Hall–Kier alpha value is -4.17. The molecule has 0 aliphatic heterocycles. The summed E-state index contributed by atoms with van der Waals surface area (Å²) in [7, 11) is 0. The van der Waals surface area contributed by atoms with Gasteiger partial charge in [0.15, 0.2) is 0 Å². The third-order valence-electron chi connectivity index (χ3n) is 5.53. The molecule has 182 valence electrons. The lowest BCUT2D eigenvalue weighted by atomic mass is 10.0. The highest BCUT2D eigenvalue weighted by atomic mass is 16.5. The molecule has 0 radical (unpaired) electrons. The van der Waals surface area contributed by atoms with Gasteiger partial charge in [-0.15, -0.1) is 0 Å². The molecule has 0 spiro atoms. The quantitative estimate of drug-likeness (QED) is 0.305. The average molecular weight is 477 g/mol. The molecule has 4 rings (SSSR count). The van der Waals surface area contributed by atoms with Crippen LogP contribution in [0, 0.1) is 0 Å². The van der Waals surface area contributed by atoms with E-state index in [0.29, 0.717) is 6.42 Å². The van der Waals surface area contributed by atoms with Gasteiger partial charge in [-0.05, 0) is 46.2 Å². The number of carbonyl (C=O) groups is 3. The summed E-state index contributed by atoms with van der Waals surface area (Å²) in [5, 5.41) is 19.5. The average Bonchev–Trinajstić information content (AvgIpc) is 3.23. The number of carbonyl (C=O) groups excluding carboxylic acids is 1. The van der Waals surface area contributed by atoms with Crippen LogP contribution in [0.4, 0.5) is 4.79 Å². The number of aliphatic carboxylic acids is 2. The van der Waals surface area contributed by atoms with Crippen molar-refractivity contribution in [2.24, 2.45) is 5.73 Å². The van der Waals surface area contributed by atoms with Crippen molar-refractivity contribution in [1.82, 2.24) is 5.32 Å².